The lowest BCUT2D eigenvalue weighted by Gasteiger charge is -2.29. The third-order valence-corrected chi connectivity index (χ3v) is 2.75. The highest BCUT2D eigenvalue weighted by molar-refractivity contribution is 5.53. The number of aliphatic imine (C=N–C) groups is 1. The van der Waals surface area contributed by atoms with Crippen LogP contribution in [0, 0.1) is 0 Å². The molecular formula is C12H14N2O3. The fourth-order valence-corrected chi connectivity index (χ4v) is 1.83. The summed E-state index contributed by atoms with van der Waals surface area (Å²) in [5.74, 6) is 0.154. The van der Waals surface area contributed by atoms with Crippen molar-refractivity contribution in [3.05, 3.63) is 23.8 Å². The maximum atomic E-state index is 10.1. The van der Waals surface area contributed by atoms with Gasteiger partial charge in [0.25, 0.3) is 0 Å². The van der Waals surface area contributed by atoms with Crippen LogP contribution >= 0.6 is 0 Å². The molecule has 2 rings (SSSR count). The molecule has 90 valence electrons. The number of nitrogens with zero attached hydrogens (tertiary/aromatic N) is 2. The Morgan fingerprint density at radius 3 is 2.88 bits per heavy atom. The van der Waals surface area contributed by atoms with E-state index in [2.05, 4.69) is 9.89 Å². The number of aromatic hydroxyl groups is 1. The first-order chi connectivity index (χ1) is 8.31. The molecule has 0 spiro atoms. The molecule has 17 heavy (non-hydrogen) atoms. The SMILES string of the molecule is O=C=NCc1cc(N2CCOCC2)ccc1O. The van der Waals surface area contributed by atoms with E-state index >= 15 is 0 Å². The summed E-state index contributed by atoms with van der Waals surface area (Å²) in [4.78, 5) is 15.7. The van der Waals surface area contributed by atoms with E-state index in [1.165, 1.54) is 6.08 Å². The standard InChI is InChI=1S/C12H14N2O3/c15-9-13-8-10-7-11(1-2-12(10)16)14-3-5-17-6-4-14/h1-2,7,16H,3-6,8H2. The van der Waals surface area contributed by atoms with Gasteiger partial charge in [0.1, 0.15) is 5.75 Å². The van der Waals surface area contributed by atoms with Gasteiger partial charge in [-0.05, 0) is 18.2 Å². The van der Waals surface area contributed by atoms with Crippen molar-refractivity contribution in [1.82, 2.24) is 0 Å². The van der Waals surface area contributed by atoms with Crippen molar-refractivity contribution in [2.75, 3.05) is 31.2 Å². The number of benzene rings is 1. The van der Waals surface area contributed by atoms with Gasteiger partial charge in [0.2, 0.25) is 6.08 Å². The minimum absolute atomic E-state index is 0.154. The molecule has 1 aliphatic rings. The minimum Gasteiger partial charge on any atom is -0.508 e. The van der Waals surface area contributed by atoms with E-state index in [1.807, 2.05) is 12.1 Å². The monoisotopic (exact) mass is 234 g/mol. The van der Waals surface area contributed by atoms with Crippen LogP contribution in [0.4, 0.5) is 5.69 Å². The van der Waals surface area contributed by atoms with Crippen molar-refractivity contribution in [3.8, 4) is 5.75 Å². The molecule has 1 aliphatic heterocycles. The molecule has 1 heterocycles. The Bertz CT molecular complexity index is 435. The smallest absolute Gasteiger partial charge is 0.235 e. The Morgan fingerprint density at radius 1 is 1.41 bits per heavy atom. The first-order valence-electron chi connectivity index (χ1n) is 5.49. The van der Waals surface area contributed by atoms with Crippen molar-refractivity contribution >= 4 is 11.8 Å². The Kier molecular flexibility index (Phi) is 3.75. The summed E-state index contributed by atoms with van der Waals surface area (Å²) in [6, 6.07) is 5.33. The highest BCUT2D eigenvalue weighted by Gasteiger charge is 2.12. The highest BCUT2D eigenvalue weighted by Crippen LogP contribution is 2.25. The molecule has 0 saturated carbocycles. The molecule has 1 aromatic carbocycles. The summed E-state index contributed by atoms with van der Waals surface area (Å²) in [5.41, 5.74) is 1.65. The second kappa shape index (κ2) is 5.48. The van der Waals surface area contributed by atoms with E-state index in [1.54, 1.807) is 6.07 Å². The molecule has 0 amide bonds. The van der Waals surface area contributed by atoms with Gasteiger partial charge in [-0.3, -0.25) is 0 Å². The predicted octanol–water partition coefficient (Wildman–Crippen LogP) is 1.06. The van der Waals surface area contributed by atoms with Gasteiger partial charge in [-0.25, -0.2) is 9.79 Å². The highest BCUT2D eigenvalue weighted by atomic mass is 16.5. The first-order valence-corrected chi connectivity index (χ1v) is 5.49. The number of phenols is 1. The van der Waals surface area contributed by atoms with Crippen molar-refractivity contribution in [2.24, 2.45) is 4.99 Å². The molecular weight excluding hydrogens is 220 g/mol. The summed E-state index contributed by atoms with van der Waals surface area (Å²) in [5, 5.41) is 9.63. The zero-order chi connectivity index (χ0) is 12.1. The number of ether oxygens (including phenoxy) is 1. The van der Waals surface area contributed by atoms with E-state index in [4.69, 9.17) is 4.74 Å². The molecule has 0 unspecified atom stereocenters. The van der Waals surface area contributed by atoms with Crippen LogP contribution in [-0.2, 0) is 16.1 Å². The lowest BCUT2D eigenvalue weighted by Crippen LogP contribution is -2.36. The zero-order valence-electron chi connectivity index (χ0n) is 9.43. The van der Waals surface area contributed by atoms with E-state index in [-0.39, 0.29) is 12.3 Å². The van der Waals surface area contributed by atoms with Gasteiger partial charge in [0.15, 0.2) is 0 Å². The summed E-state index contributed by atoms with van der Waals surface area (Å²) in [7, 11) is 0. The molecule has 0 bridgehead atoms. The fraction of sp³-hybridized carbons (Fsp3) is 0.417. The summed E-state index contributed by atoms with van der Waals surface area (Å²) >= 11 is 0. The van der Waals surface area contributed by atoms with Crippen LogP contribution in [0.2, 0.25) is 0 Å². The molecule has 1 fully saturated rings. The lowest BCUT2D eigenvalue weighted by molar-refractivity contribution is 0.122. The Morgan fingerprint density at radius 2 is 2.18 bits per heavy atom. The molecule has 0 aliphatic carbocycles. The minimum atomic E-state index is 0.154. The quantitative estimate of drug-likeness (QED) is 0.627. The van der Waals surface area contributed by atoms with E-state index in [0.29, 0.717) is 18.8 Å². The number of rotatable bonds is 3. The van der Waals surface area contributed by atoms with Gasteiger partial charge in [0.05, 0.1) is 19.8 Å². The van der Waals surface area contributed by atoms with Crippen LogP contribution < -0.4 is 4.90 Å². The van der Waals surface area contributed by atoms with Crippen LogP contribution in [-0.4, -0.2) is 37.5 Å². The molecule has 1 N–H and O–H groups in total. The lowest BCUT2D eigenvalue weighted by atomic mass is 10.1. The number of phenolic OH excluding ortho intramolecular Hbond substituents is 1. The Balaban J connectivity index is 2.19. The van der Waals surface area contributed by atoms with Crippen molar-refractivity contribution in [2.45, 2.75) is 6.54 Å². The van der Waals surface area contributed by atoms with Crippen LogP contribution in [0.15, 0.2) is 23.2 Å². The van der Waals surface area contributed by atoms with Gasteiger partial charge in [-0.15, -0.1) is 0 Å². The molecule has 5 heteroatoms. The summed E-state index contributed by atoms with van der Waals surface area (Å²) < 4.78 is 5.28. The molecule has 0 atom stereocenters. The number of hydrogen-bond donors (Lipinski definition) is 1. The summed E-state index contributed by atoms with van der Waals surface area (Å²) in [6.45, 7) is 3.25. The van der Waals surface area contributed by atoms with Crippen LogP contribution in [0.5, 0.6) is 5.75 Å². The fourth-order valence-electron chi connectivity index (χ4n) is 1.83. The number of anilines is 1. The molecule has 1 saturated heterocycles. The van der Waals surface area contributed by atoms with Crippen molar-refractivity contribution in [1.29, 1.82) is 0 Å². The van der Waals surface area contributed by atoms with Gasteiger partial charge in [-0.1, -0.05) is 0 Å². The maximum Gasteiger partial charge on any atom is 0.235 e. The number of hydrogen-bond acceptors (Lipinski definition) is 5. The third-order valence-electron chi connectivity index (χ3n) is 2.75. The second-order valence-electron chi connectivity index (χ2n) is 3.82. The van der Waals surface area contributed by atoms with Crippen molar-refractivity contribution in [3.63, 3.8) is 0 Å². The van der Waals surface area contributed by atoms with Crippen LogP contribution in [0.3, 0.4) is 0 Å². The molecule has 1 aromatic rings. The van der Waals surface area contributed by atoms with Crippen LogP contribution in [0.1, 0.15) is 5.56 Å². The Hall–Kier alpha value is -1.84. The van der Waals surface area contributed by atoms with Gasteiger partial charge < -0.3 is 14.7 Å². The van der Waals surface area contributed by atoms with E-state index < -0.39 is 0 Å². The topological polar surface area (TPSA) is 62.1 Å². The average molecular weight is 234 g/mol. The normalized spacial score (nSPS) is 15.4. The largest absolute Gasteiger partial charge is 0.508 e. The average Bonchev–Trinajstić information content (AvgIpc) is 2.39. The van der Waals surface area contributed by atoms with Gasteiger partial charge in [-0.2, -0.15) is 0 Å². The number of isocyanates is 1. The van der Waals surface area contributed by atoms with Crippen LogP contribution in [0.25, 0.3) is 0 Å². The van der Waals surface area contributed by atoms with E-state index in [0.717, 1.165) is 18.8 Å². The predicted molar refractivity (Wildman–Crippen MR) is 63.0 cm³/mol. The number of morpholine rings is 1. The van der Waals surface area contributed by atoms with Gasteiger partial charge >= 0.3 is 0 Å². The maximum absolute atomic E-state index is 10.1. The van der Waals surface area contributed by atoms with Crippen molar-refractivity contribution < 1.29 is 14.6 Å². The second-order valence-corrected chi connectivity index (χ2v) is 3.82. The van der Waals surface area contributed by atoms with Gasteiger partial charge in [0, 0.05) is 24.3 Å². The molecule has 0 aromatic heterocycles. The third kappa shape index (κ3) is 2.84. The molecule has 5 nitrogen and oxygen atoms in total. The Labute approximate surface area is 99.3 Å². The number of carbonyl (C=O) groups excluding carboxylic acids is 1. The van der Waals surface area contributed by atoms with E-state index in [9.17, 15) is 9.90 Å². The zero-order valence-corrected chi connectivity index (χ0v) is 9.43. The molecule has 0 radical (unpaired) electrons. The first kappa shape index (κ1) is 11.6. The summed E-state index contributed by atoms with van der Waals surface area (Å²) in [6.07, 6.45) is 1.47.